The maximum atomic E-state index is 13.4. The fraction of sp³-hybridized carbons (Fsp3) is 0.414. The highest BCUT2D eigenvalue weighted by molar-refractivity contribution is 6.12. The van der Waals surface area contributed by atoms with E-state index in [4.69, 9.17) is 19.2 Å². The summed E-state index contributed by atoms with van der Waals surface area (Å²) in [5, 5.41) is 0. The van der Waals surface area contributed by atoms with Gasteiger partial charge in [0.1, 0.15) is 12.4 Å². The molecule has 4 rings (SSSR count). The Labute approximate surface area is 207 Å². The molecule has 0 bridgehead atoms. The quantitative estimate of drug-likeness (QED) is 0.511. The number of hydrogen-bond donors (Lipinski definition) is 0. The van der Waals surface area contributed by atoms with Crippen molar-refractivity contribution in [2.45, 2.75) is 53.1 Å². The van der Waals surface area contributed by atoms with Gasteiger partial charge < -0.3 is 14.2 Å². The van der Waals surface area contributed by atoms with Gasteiger partial charge in [-0.15, -0.1) is 0 Å². The van der Waals surface area contributed by atoms with Crippen LogP contribution >= 0.6 is 0 Å². The molecule has 0 N–H and O–H groups in total. The molecule has 2 atom stereocenters. The number of allylic oxidation sites excluding steroid dienone is 1. The Kier molecular flexibility index (Phi) is 6.84. The normalized spacial score (nSPS) is 21.2. The molecule has 0 radical (unpaired) electrons. The van der Waals surface area contributed by atoms with E-state index in [0.29, 0.717) is 42.2 Å². The highest BCUT2D eigenvalue weighted by Gasteiger charge is 2.47. The van der Waals surface area contributed by atoms with Crippen molar-refractivity contribution in [1.29, 1.82) is 0 Å². The second-order valence-electron chi connectivity index (χ2n) is 10.2. The van der Waals surface area contributed by atoms with Crippen LogP contribution in [0.1, 0.15) is 56.2 Å². The largest absolute Gasteiger partial charge is 0.493 e. The topological polar surface area (TPSA) is 74.2 Å². The van der Waals surface area contributed by atoms with Crippen LogP contribution < -0.4 is 9.47 Å². The molecule has 1 aliphatic carbocycles. The van der Waals surface area contributed by atoms with Crippen molar-refractivity contribution in [3.63, 3.8) is 0 Å². The third kappa shape index (κ3) is 5.02. The number of fused-ring (bicyclic) bond motifs is 1. The Morgan fingerprint density at radius 3 is 2.37 bits per heavy atom. The number of benzene rings is 2. The highest BCUT2D eigenvalue weighted by Crippen LogP contribution is 2.48. The molecule has 0 spiro atoms. The summed E-state index contributed by atoms with van der Waals surface area (Å²) in [5.41, 5.74) is 4.73. The third-order valence-corrected chi connectivity index (χ3v) is 6.83. The minimum atomic E-state index is -0.496. The first kappa shape index (κ1) is 24.7. The number of nitrogens with zero attached hydrogens (tertiary/aromatic N) is 1. The van der Waals surface area contributed by atoms with E-state index < -0.39 is 17.8 Å². The molecule has 2 aromatic rings. The van der Waals surface area contributed by atoms with Gasteiger partial charge in [-0.05, 0) is 48.9 Å². The molecular weight excluding hydrogens is 442 g/mol. The Balaban J connectivity index is 1.71. The highest BCUT2D eigenvalue weighted by atomic mass is 16.5. The number of methoxy groups -OCH3 is 2. The van der Waals surface area contributed by atoms with Crippen LogP contribution in [0.2, 0.25) is 0 Å². The summed E-state index contributed by atoms with van der Waals surface area (Å²) >= 11 is 0. The minimum absolute atomic E-state index is 0.0950. The Morgan fingerprint density at radius 1 is 1.00 bits per heavy atom. The number of carbonyl (C=O) groups is 2. The van der Waals surface area contributed by atoms with Gasteiger partial charge in [0.2, 0.25) is 0 Å². The van der Waals surface area contributed by atoms with Crippen molar-refractivity contribution in [2.24, 2.45) is 16.3 Å². The van der Waals surface area contributed by atoms with Gasteiger partial charge in [-0.2, -0.15) is 0 Å². The zero-order valence-electron chi connectivity index (χ0n) is 21.3. The summed E-state index contributed by atoms with van der Waals surface area (Å²) in [5.74, 6) is -0.213. The second kappa shape index (κ2) is 9.68. The lowest BCUT2D eigenvalue weighted by molar-refractivity contribution is -0.136. The molecule has 2 aliphatic rings. The molecule has 6 nitrogen and oxygen atoms in total. The first-order valence-electron chi connectivity index (χ1n) is 11.9. The first-order chi connectivity index (χ1) is 16.6. The van der Waals surface area contributed by atoms with Gasteiger partial charge in [0.15, 0.2) is 11.5 Å². The number of esters is 1. The fourth-order valence-corrected chi connectivity index (χ4v) is 5.17. The number of hydrogen-bond acceptors (Lipinski definition) is 6. The van der Waals surface area contributed by atoms with E-state index >= 15 is 0 Å². The van der Waals surface area contributed by atoms with Gasteiger partial charge in [0.05, 0.1) is 25.7 Å². The molecule has 0 aromatic heterocycles. The Morgan fingerprint density at radius 2 is 1.71 bits per heavy atom. The van der Waals surface area contributed by atoms with E-state index in [0.717, 1.165) is 16.8 Å². The number of carbonyl (C=O) groups excluding carboxylic acids is 2. The smallest absolute Gasteiger partial charge is 0.336 e. The SMILES string of the molecule is COC(=O)C1=C(C)N=C2CC(C)(C)CC(=O)C2[C@@H]1c1ccc(OCc2ccc(C)cc2)c(OC)c1. The molecule has 0 saturated heterocycles. The van der Waals surface area contributed by atoms with Gasteiger partial charge in [-0.3, -0.25) is 9.79 Å². The van der Waals surface area contributed by atoms with E-state index in [1.165, 1.54) is 12.7 Å². The molecule has 184 valence electrons. The molecule has 1 unspecified atom stereocenters. The number of ketones is 1. The fourth-order valence-electron chi connectivity index (χ4n) is 5.17. The number of aliphatic imine (C=N–C) groups is 1. The van der Waals surface area contributed by atoms with Crippen molar-refractivity contribution in [2.75, 3.05) is 14.2 Å². The average Bonchev–Trinajstić information content (AvgIpc) is 2.81. The van der Waals surface area contributed by atoms with Crippen molar-refractivity contribution in [3.05, 3.63) is 70.4 Å². The van der Waals surface area contributed by atoms with E-state index in [9.17, 15) is 9.59 Å². The van der Waals surface area contributed by atoms with Gasteiger partial charge in [0, 0.05) is 23.7 Å². The Hall–Kier alpha value is -3.41. The standard InChI is InChI=1S/C29H33NO5/c1-17-7-9-19(10-8-17)16-35-23-12-11-20(13-24(23)33-5)26-25(28(32)34-6)18(2)30-21-14-29(3,4)15-22(31)27(21)26/h7-13,26-27H,14-16H2,1-6H3/t26-,27?/m1/s1. The average molecular weight is 476 g/mol. The van der Waals surface area contributed by atoms with E-state index in [1.807, 2.05) is 56.3 Å². The zero-order valence-corrected chi connectivity index (χ0v) is 21.3. The summed E-state index contributed by atoms with van der Waals surface area (Å²) < 4.78 is 16.8. The summed E-state index contributed by atoms with van der Waals surface area (Å²) in [6, 6.07) is 13.8. The van der Waals surface area contributed by atoms with Crippen molar-refractivity contribution < 1.29 is 23.8 Å². The van der Waals surface area contributed by atoms with E-state index in [-0.39, 0.29) is 11.2 Å². The van der Waals surface area contributed by atoms with Crippen molar-refractivity contribution >= 4 is 17.5 Å². The first-order valence-corrected chi connectivity index (χ1v) is 11.9. The van der Waals surface area contributed by atoms with Crippen LogP contribution in [-0.4, -0.2) is 31.7 Å². The predicted octanol–water partition coefficient (Wildman–Crippen LogP) is 5.57. The maximum absolute atomic E-state index is 13.4. The van der Waals surface area contributed by atoms with E-state index in [1.54, 1.807) is 7.11 Å². The number of rotatable bonds is 6. The van der Waals surface area contributed by atoms with Crippen molar-refractivity contribution in [1.82, 2.24) is 0 Å². The molecule has 1 aliphatic heterocycles. The van der Waals surface area contributed by atoms with Gasteiger partial charge >= 0.3 is 5.97 Å². The third-order valence-electron chi connectivity index (χ3n) is 6.83. The van der Waals surface area contributed by atoms with Crippen LogP contribution in [-0.2, 0) is 20.9 Å². The number of Topliss-reactive ketones (excluding diaryl/α,β-unsaturated/α-hetero) is 1. The summed E-state index contributed by atoms with van der Waals surface area (Å²) in [6.07, 6.45) is 1.15. The maximum Gasteiger partial charge on any atom is 0.336 e. The van der Waals surface area contributed by atoms with E-state index in [2.05, 4.69) is 13.8 Å². The van der Waals surface area contributed by atoms with Gasteiger partial charge in [0.25, 0.3) is 0 Å². The second-order valence-corrected chi connectivity index (χ2v) is 10.2. The minimum Gasteiger partial charge on any atom is -0.493 e. The van der Waals surface area contributed by atoms with Crippen LogP contribution in [0.4, 0.5) is 0 Å². The molecule has 1 saturated carbocycles. The number of aryl methyl sites for hydroxylation is 1. The lowest BCUT2D eigenvalue weighted by Gasteiger charge is -2.41. The van der Waals surface area contributed by atoms with Crippen LogP contribution in [0.3, 0.4) is 0 Å². The molecule has 2 aromatic carbocycles. The molecule has 0 amide bonds. The summed E-state index contributed by atoms with van der Waals surface area (Å²) in [4.78, 5) is 31.0. The molecule has 6 heteroatoms. The molecular formula is C29H33NO5. The zero-order chi connectivity index (χ0) is 25.3. The van der Waals surface area contributed by atoms with Gasteiger partial charge in [-0.25, -0.2) is 4.79 Å². The van der Waals surface area contributed by atoms with Crippen LogP contribution in [0.25, 0.3) is 0 Å². The lowest BCUT2D eigenvalue weighted by atomic mass is 9.63. The van der Waals surface area contributed by atoms with Crippen LogP contribution in [0.15, 0.2) is 58.7 Å². The van der Waals surface area contributed by atoms with Crippen LogP contribution in [0.5, 0.6) is 11.5 Å². The molecule has 35 heavy (non-hydrogen) atoms. The Bertz CT molecular complexity index is 1210. The van der Waals surface area contributed by atoms with Crippen LogP contribution in [0, 0.1) is 18.3 Å². The summed E-state index contributed by atoms with van der Waals surface area (Å²) in [7, 11) is 2.94. The van der Waals surface area contributed by atoms with Gasteiger partial charge in [-0.1, -0.05) is 49.7 Å². The lowest BCUT2D eigenvalue weighted by Crippen LogP contribution is -2.44. The van der Waals surface area contributed by atoms with Crippen molar-refractivity contribution in [3.8, 4) is 11.5 Å². The summed E-state index contributed by atoms with van der Waals surface area (Å²) in [6.45, 7) is 8.42. The monoisotopic (exact) mass is 475 g/mol. The molecule has 1 fully saturated rings. The number of ether oxygens (including phenoxy) is 3. The predicted molar refractivity (Wildman–Crippen MR) is 135 cm³/mol. The molecule has 1 heterocycles.